The minimum atomic E-state index is -0.969. The maximum Gasteiger partial charge on any atom is 0.182 e. The van der Waals surface area contributed by atoms with E-state index in [-0.39, 0.29) is 5.52 Å². The van der Waals surface area contributed by atoms with Gasteiger partial charge in [0.05, 0.1) is 11.2 Å². The van der Waals surface area contributed by atoms with Gasteiger partial charge >= 0.3 is 0 Å². The second-order valence-electron chi connectivity index (χ2n) is 4.68. The number of nitrogens with one attached hydrogen (secondary N) is 1. The van der Waals surface area contributed by atoms with Crippen LogP contribution >= 0.6 is 0 Å². The number of aryl methyl sites for hydroxylation is 1. The Morgan fingerprint density at radius 2 is 1.75 bits per heavy atom. The molecule has 0 spiro atoms. The molecule has 0 atom stereocenters. The molecule has 2 aromatic carbocycles. The Morgan fingerprint density at radius 3 is 2.40 bits per heavy atom. The summed E-state index contributed by atoms with van der Waals surface area (Å²) in [6.07, 6.45) is 0.658. The molecule has 1 aromatic heterocycles. The number of aromatic nitrogens is 1. The number of aromatic amines is 1. The van der Waals surface area contributed by atoms with Crippen molar-refractivity contribution in [2.75, 3.05) is 0 Å². The van der Waals surface area contributed by atoms with Gasteiger partial charge in [0.15, 0.2) is 17.9 Å². The Morgan fingerprint density at radius 1 is 1.05 bits per heavy atom. The molecule has 100 valence electrons. The molecule has 0 bridgehead atoms. The Balaban J connectivity index is 2.33. The maximum atomic E-state index is 13.8. The molecule has 0 saturated carbocycles. The molecule has 3 rings (SSSR count). The summed E-state index contributed by atoms with van der Waals surface area (Å²) >= 11 is 0. The highest BCUT2D eigenvalue weighted by Gasteiger charge is 2.17. The van der Waals surface area contributed by atoms with E-state index in [1.54, 1.807) is 0 Å². The number of fused-ring (bicyclic) bond motifs is 1. The van der Waals surface area contributed by atoms with E-state index in [4.69, 9.17) is 0 Å². The summed E-state index contributed by atoms with van der Waals surface area (Å²) in [7, 11) is 0. The molecule has 0 aliphatic rings. The third-order valence-electron chi connectivity index (χ3n) is 3.36. The molecule has 0 aliphatic heterocycles. The van der Waals surface area contributed by atoms with Crippen LogP contribution in [-0.2, 0) is 0 Å². The van der Waals surface area contributed by atoms with Crippen molar-refractivity contribution in [1.29, 1.82) is 0 Å². The van der Waals surface area contributed by atoms with Crippen molar-refractivity contribution in [3.63, 3.8) is 0 Å². The van der Waals surface area contributed by atoms with E-state index in [0.29, 0.717) is 22.9 Å². The van der Waals surface area contributed by atoms with Gasteiger partial charge in [-0.25, -0.2) is 8.78 Å². The lowest BCUT2D eigenvalue weighted by Gasteiger charge is -2.00. The monoisotopic (exact) mass is 271 g/mol. The van der Waals surface area contributed by atoms with Gasteiger partial charge in [-0.15, -0.1) is 0 Å². The average molecular weight is 271 g/mol. The summed E-state index contributed by atoms with van der Waals surface area (Å²) < 4.78 is 27.1. The molecule has 2 nitrogen and oxygen atoms in total. The number of carbonyl (C=O) groups is 1. The topological polar surface area (TPSA) is 32.9 Å². The van der Waals surface area contributed by atoms with Gasteiger partial charge in [-0.05, 0) is 24.6 Å². The molecule has 0 fully saturated rings. The Hall–Kier alpha value is -2.49. The lowest BCUT2D eigenvalue weighted by atomic mass is 10.0. The number of rotatable bonds is 2. The van der Waals surface area contributed by atoms with Crippen LogP contribution in [0.2, 0.25) is 0 Å². The zero-order chi connectivity index (χ0) is 14.3. The van der Waals surface area contributed by atoms with Crippen molar-refractivity contribution in [3.8, 4) is 11.3 Å². The summed E-state index contributed by atoms with van der Waals surface area (Å²) in [6, 6.07) is 9.89. The molecule has 0 aliphatic carbocycles. The van der Waals surface area contributed by atoms with E-state index in [1.165, 1.54) is 6.07 Å². The zero-order valence-electron chi connectivity index (χ0n) is 10.7. The summed E-state index contributed by atoms with van der Waals surface area (Å²) in [5, 5.41) is 0.384. The van der Waals surface area contributed by atoms with Gasteiger partial charge in [0, 0.05) is 10.9 Å². The highest BCUT2D eigenvalue weighted by Crippen LogP contribution is 2.31. The van der Waals surface area contributed by atoms with Crippen LogP contribution in [0.3, 0.4) is 0 Å². The molecule has 3 aromatic rings. The first kappa shape index (κ1) is 12.5. The lowest BCUT2D eigenvalue weighted by Crippen LogP contribution is -1.85. The van der Waals surface area contributed by atoms with Crippen molar-refractivity contribution in [2.24, 2.45) is 0 Å². The third-order valence-corrected chi connectivity index (χ3v) is 3.36. The number of halogens is 2. The smallest absolute Gasteiger partial charge is 0.182 e. The number of hydrogen-bond donors (Lipinski definition) is 1. The van der Waals surface area contributed by atoms with Crippen LogP contribution in [0.5, 0.6) is 0 Å². The molecule has 1 N–H and O–H groups in total. The highest BCUT2D eigenvalue weighted by molar-refractivity contribution is 6.04. The van der Waals surface area contributed by atoms with Crippen molar-refractivity contribution >= 4 is 17.2 Å². The van der Waals surface area contributed by atoms with E-state index < -0.39 is 11.6 Å². The number of benzene rings is 2. The van der Waals surface area contributed by atoms with Gasteiger partial charge in [-0.1, -0.05) is 29.8 Å². The summed E-state index contributed by atoms with van der Waals surface area (Å²) in [5.41, 5.74) is 2.69. The van der Waals surface area contributed by atoms with E-state index in [9.17, 15) is 13.6 Å². The molecule has 4 heteroatoms. The van der Waals surface area contributed by atoms with Crippen LogP contribution in [0.25, 0.3) is 22.2 Å². The van der Waals surface area contributed by atoms with E-state index in [1.807, 2.05) is 31.2 Å². The number of carbonyl (C=O) groups excluding carboxylic acids is 1. The van der Waals surface area contributed by atoms with Crippen LogP contribution in [0, 0.1) is 18.6 Å². The summed E-state index contributed by atoms with van der Waals surface area (Å²) in [5.74, 6) is -1.91. The Labute approximate surface area is 114 Å². The molecule has 20 heavy (non-hydrogen) atoms. The van der Waals surface area contributed by atoms with Crippen molar-refractivity contribution in [1.82, 2.24) is 4.98 Å². The van der Waals surface area contributed by atoms with Gasteiger partial charge in [0.25, 0.3) is 0 Å². The predicted molar refractivity (Wildman–Crippen MR) is 73.8 cm³/mol. The van der Waals surface area contributed by atoms with E-state index in [0.717, 1.165) is 17.2 Å². The number of aldehydes is 1. The SMILES string of the molecule is Cc1ccc(-c2[nH]c3c(F)c(F)ccc3c2C=O)cc1. The Bertz CT molecular complexity index is 803. The number of H-pyrrole nitrogens is 1. The molecular weight excluding hydrogens is 260 g/mol. The fourth-order valence-electron chi connectivity index (χ4n) is 2.29. The lowest BCUT2D eigenvalue weighted by molar-refractivity contribution is 0.112. The first-order valence-corrected chi connectivity index (χ1v) is 6.13. The molecule has 0 saturated heterocycles. The molecule has 1 heterocycles. The second kappa shape index (κ2) is 4.56. The fraction of sp³-hybridized carbons (Fsp3) is 0.0625. The summed E-state index contributed by atoms with van der Waals surface area (Å²) in [6.45, 7) is 1.95. The second-order valence-corrected chi connectivity index (χ2v) is 4.68. The van der Waals surface area contributed by atoms with E-state index >= 15 is 0 Å². The minimum Gasteiger partial charge on any atom is -0.351 e. The molecule has 0 unspecified atom stereocenters. The van der Waals surface area contributed by atoms with Crippen LogP contribution in [0.4, 0.5) is 8.78 Å². The first-order valence-electron chi connectivity index (χ1n) is 6.13. The predicted octanol–water partition coefficient (Wildman–Crippen LogP) is 4.23. The van der Waals surface area contributed by atoms with Crippen molar-refractivity contribution in [3.05, 3.63) is 59.2 Å². The first-order chi connectivity index (χ1) is 9.61. The molecular formula is C16H11F2NO. The third kappa shape index (κ3) is 1.81. The zero-order valence-corrected chi connectivity index (χ0v) is 10.7. The standard InChI is InChI=1S/C16H11F2NO/c1-9-2-4-10(5-3-9)15-12(8-20)11-6-7-13(17)14(18)16(11)19-15/h2-8,19H,1H3. The number of hydrogen-bond acceptors (Lipinski definition) is 1. The van der Waals surface area contributed by atoms with Crippen LogP contribution in [0.15, 0.2) is 36.4 Å². The highest BCUT2D eigenvalue weighted by atomic mass is 19.2. The van der Waals surface area contributed by atoms with Crippen LogP contribution < -0.4 is 0 Å². The van der Waals surface area contributed by atoms with Gasteiger partial charge in [0.1, 0.15) is 0 Å². The van der Waals surface area contributed by atoms with Gasteiger partial charge in [-0.3, -0.25) is 4.79 Å². The molecule has 0 radical (unpaired) electrons. The largest absolute Gasteiger partial charge is 0.351 e. The summed E-state index contributed by atoms with van der Waals surface area (Å²) in [4.78, 5) is 14.1. The Kier molecular flexibility index (Phi) is 2.86. The van der Waals surface area contributed by atoms with E-state index in [2.05, 4.69) is 4.98 Å². The van der Waals surface area contributed by atoms with Gasteiger partial charge in [-0.2, -0.15) is 0 Å². The van der Waals surface area contributed by atoms with Gasteiger partial charge < -0.3 is 4.98 Å². The van der Waals surface area contributed by atoms with Crippen LogP contribution in [0.1, 0.15) is 15.9 Å². The maximum absolute atomic E-state index is 13.8. The fourth-order valence-corrected chi connectivity index (χ4v) is 2.29. The minimum absolute atomic E-state index is 0.0164. The van der Waals surface area contributed by atoms with Crippen molar-refractivity contribution in [2.45, 2.75) is 6.92 Å². The molecule has 0 amide bonds. The van der Waals surface area contributed by atoms with Crippen LogP contribution in [-0.4, -0.2) is 11.3 Å². The average Bonchev–Trinajstić information content (AvgIpc) is 2.83. The normalized spacial score (nSPS) is 10.9. The van der Waals surface area contributed by atoms with Gasteiger partial charge in [0.2, 0.25) is 0 Å². The quantitative estimate of drug-likeness (QED) is 0.695. The van der Waals surface area contributed by atoms with Crippen molar-refractivity contribution < 1.29 is 13.6 Å².